The van der Waals surface area contributed by atoms with E-state index in [-0.39, 0.29) is 11.8 Å². The number of rotatable bonds is 8. The van der Waals surface area contributed by atoms with Gasteiger partial charge in [0, 0.05) is 6.04 Å². The van der Waals surface area contributed by atoms with Crippen LogP contribution in [0.4, 0.5) is 0 Å². The number of hydrogen-bond donors (Lipinski definition) is 1. The molecule has 2 aromatic rings. The highest BCUT2D eigenvalue weighted by molar-refractivity contribution is 7.91. The summed E-state index contributed by atoms with van der Waals surface area (Å²) in [5.74, 6) is 0.959. The Bertz CT molecular complexity index is 923. The maximum absolute atomic E-state index is 13.2. The monoisotopic (exact) mass is 441 g/mol. The summed E-state index contributed by atoms with van der Waals surface area (Å²) >= 11 is 0. The molecule has 0 amide bonds. The van der Waals surface area contributed by atoms with E-state index in [2.05, 4.69) is 38.2 Å². The molecule has 4 heteroatoms. The van der Waals surface area contributed by atoms with Crippen molar-refractivity contribution in [3.05, 3.63) is 65.7 Å². The van der Waals surface area contributed by atoms with E-state index in [0.717, 1.165) is 36.3 Å². The summed E-state index contributed by atoms with van der Waals surface area (Å²) in [6.45, 7) is 9.06. The first-order valence-corrected chi connectivity index (χ1v) is 13.5. The van der Waals surface area contributed by atoms with Gasteiger partial charge in [0.15, 0.2) is 9.84 Å². The molecular weight excluding hydrogens is 402 g/mol. The largest absolute Gasteiger partial charge is 0.303 e. The van der Waals surface area contributed by atoms with Gasteiger partial charge >= 0.3 is 0 Å². The first-order chi connectivity index (χ1) is 14.7. The molecule has 170 valence electrons. The highest BCUT2D eigenvalue weighted by Crippen LogP contribution is 2.39. The molecule has 3 rings (SSSR count). The summed E-state index contributed by atoms with van der Waals surface area (Å²) in [5.41, 5.74) is 2.35. The topological polar surface area (TPSA) is 46.2 Å². The van der Waals surface area contributed by atoms with E-state index in [0.29, 0.717) is 22.8 Å². The summed E-state index contributed by atoms with van der Waals surface area (Å²) in [5, 5.41) is 3.86. The number of nitrogens with one attached hydrogen (secondary N) is 1. The molecule has 0 saturated heterocycles. The van der Waals surface area contributed by atoms with E-state index in [4.69, 9.17) is 0 Å². The molecule has 0 aromatic heterocycles. The first kappa shape index (κ1) is 24.0. The fraction of sp³-hybridized carbons (Fsp3) is 0.556. The SMILES string of the molecule is CCCCS(=O)(=O)c1ccccc1C(NC1CCC(C(C)(C)C)CC1)c1ccccc1. The predicted molar refractivity (Wildman–Crippen MR) is 130 cm³/mol. The van der Waals surface area contributed by atoms with Crippen LogP contribution in [0.5, 0.6) is 0 Å². The third-order valence-electron chi connectivity index (χ3n) is 6.82. The zero-order valence-electron chi connectivity index (χ0n) is 19.6. The Morgan fingerprint density at radius 1 is 0.935 bits per heavy atom. The van der Waals surface area contributed by atoms with Crippen molar-refractivity contribution in [2.75, 3.05) is 5.75 Å². The van der Waals surface area contributed by atoms with E-state index in [9.17, 15) is 8.42 Å². The van der Waals surface area contributed by atoms with Gasteiger partial charge in [-0.2, -0.15) is 0 Å². The Labute approximate surface area is 189 Å². The Balaban J connectivity index is 1.90. The van der Waals surface area contributed by atoms with Crippen molar-refractivity contribution in [2.24, 2.45) is 11.3 Å². The van der Waals surface area contributed by atoms with E-state index >= 15 is 0 Å². The van der Waals surface area contributed by atoms with Crippen LogP contribution in [-0.4, -0.2) is 20.2 Å². The van der Waals surface area contributed by atoms with Gasteiger partial charge in [-0.05, 0) is 60.6 Å². The highest BCUT2D eigenvalue weighted by atomic mass is 32.2. The van der Waals surface area contributed by atoms with Crippen LogP contribution in [0.25, 0.3) is 0 Å². The second-order valence-electron chi connectivity index (χ2n) is 10.1. The lowest BCUT2D eigenvalue weighted by molar-refractivity contribution is 0.157. The lowest BCUT2D eigenvalue weighted by Crippen LogP contribution is -2.39. The third-order valence-corrected chi connectivity index (χ3v) is 8.69. The summed E-state index contributed by atoms with van der Waals surface area (Å²) in [7, 11) is -3.32. The van der Waals surface area contributed by atoms with Crippen LogP contribution in [-0.2, 0) is 9.84 Å². The Morgan fingerprint density at radius 3 is 2.16 bits per heavy atom. The normalized spacial score (nSPS) is 21.0. The van der Waals surface area contributed by atoms with Crippen molar-refractivity contribution in [3.8, 4) is 0 Å². The second kappa shape index (κ2) is 10.3. The average Bonchev–Trinajstić information content (AvgIpc) is 2.76. The molecule has 2 aromatic carbocycles. The molecule has 0 bridgehead atoms. The average molecular weight is 442 g/mol. The minimum absolute atomic E-state index is 0.120. The van der Waals surface area contributed by atoms with Gasteiger partial charge in [-0.15, -0.1) is 0 Å². The molecule has 1 unspecified atom stereocenters. The van der Waals surface area contributed by atoms with Gasteiger partial charge in [0.05, 0.1) is 16.7 Å². The summed E-state index contributed by atoms with van der Waals surface area (Å²) in [4.78, 5) is 0.480. The standard InChI is InChI=1S/C27H39NO2S/c1-5-6-20-31(29,30)25-15-11-10-14-24(25)26(21-12-8-7-9-13-21)28-23-18-16-22(17-19-23)27(2,3)4/h7-15,22-23,26,28H,5-6,16-20H2,1-4H3. The van der Waals surface area contributed by atoms with Crippen LogP contribution in [0, 0.1) is 11.3 Å². The van der Waals surface area contributed by atoms with E-state index in [1.165, 1.54) is 12.8 Å². The van der Waals surface area contributed by atoms with Crippen molar-refractivity contribution in [1.82, 2.24) is 5.32 Å². The molecule has 1 fully saturated rings. The molecule has 1 saturated carbocycles. The first-order valence-electron chi connectivity index (χ1n) is 11.8. The van der Waals surface area contributed by atoms with Gasteiger partial charge < -0.3 is 5.32 Å². The van der Waals surface area contributed by atoms with Gasteiger partial charge in [-0.3, -0.25) is 0 Å². The molecular formula is C27H39NO2S. The van der Waals surface area contributed by atoms with Crippen LogP contribution in [0.3, 0.4) is 0 Å². The summed E-state index contributed by atoms with van der Waals surface area (Å²) < 4.78 is 26.3. The fourth-order valence-corrected chi connectivity index (χ4v) is 6.54. The molecule has 0 spiro atoms. The Morgan fingerprint density at radius 2 is 1.55 bits per heavy atom. The minimum atomic E-state index is -3.32. The fourth-order valence-electron chi connectivity index (χ4n) is 4.82. The molecule has 3 nitrogen and oxygen atoms in total. The zero-order chi connectivity index (χ0) is 22.5. The van der Waals surface area contributed by atoms with Gasteiger partial charge in [0.25, 0.3) is 0 Å². The highest BCUT2D eigenvalue weighted by Gasteiger charge is 2.32. The quantitative estimate of drug-likeness (QED) is 0.505. The minimum Gasteiger partial charge on any atom is -0.303 e. The smallest absolute Gasteiger partial charge is 0.178 e. The van der Waals surface area contributed by atoms with Crippen LogP contribution >= 0.6 is 0 Å². The second-order valence-corrected chi connectivity index (χ2v) is 12.2. The maximum Gasteiger partial charge on any atom is 0.178 e. The molecule has 1 atom stereocenters. The van der Waals surface area contributed by atoms with E-state index in [1.54, 1.807) is 6.07 Å². The van der Waals surface area contributed by atoms with Crippen molar-refractivity contribution < 1.29 is 8.42 Å². The molecule has 1 aliphatic rings. The van der Waals surface area contributed by atoms with Crippen LogP contribution in [0.2, 0.25) is 0 Å². The van der Waals surface area contributed by atoms with Gasteiger partial charge in [-0.25, -0.2) is 8.42 Å². The van der Waals surface area contributed by atoms with Crippen molar-refractivity contribution in [1.29, 1.82) is 0 Å². The Kier molecular flexibility index (Phi) is 7.98. The van der Waals surface area contributed by atoms with Crippen molar-refractivity contribution >= 4 is 9.84 Å². The lowest BCUT2D eigenvalue weighted by atomic mass is 9.71. The van der Waals surface area contributed by atoms with E-state index in [1.807, 2.05) is 43.3 Å². The van der Waals surface area contributed by atoms with Crippen molar-refractivity contribution in [3.63, 3.8) is 0 Å². The predicted octanol–water partition coefficient (Wildman–Crippen LogP) is 6.54. The molecule has 0 aliphatic heterocycles. The van der Waals surface area contributed by atoms with Crippen LogP contribution in [0.1, 0.15) is 83.4 Å². The molecule has 0 heterocycles. The van der Waals surface area contributed by atoms with Crippen LogP contribution < -0.4 is 5.32 Å². The number of sulfone groups is 1. The number of benzene rings is 2. The molecule has 1 N–H and O–H groups in total. The van der Waals surface area contributed by atoms with E-state index < -0.39 is 9.84 Å². The van der Waals surface area contributed by atoms with Gasteiger partial charge in [0.2, 0.25) is 0 Å². The van der Waals surface area contributed by atoms with Crippen LogP contribution in [0.15, 0.2) is 59.5 Å². The number of hydrogen-bond acceptors (Lipinski definition) is 3. The maximum atomic E-state index is 13.2. The molecule has 31 heavy (non-hydrogen) atoms. The zero-order valence-corrected chi connectivity index (χ0v) is 20.4. The summed E-state index contributed by atoms with van der Waals surface area (Å²) in [6, 6.07) is 18.2. The van der Waals surface area contributed by atoms with Gasteiger partial charge in [0.1, 0.15) is 0 Å². The third kappa shape index (κ3) is 6.20. The van der Waals surface area contributed by atoms with Crippen molar-refractivity contribution in [2.45, 2.75) is 83.2 Å². The lowest BCUT2D eigenvalue weighted by Gasteiger charge is -2.38. The molecule has 1 aliphatic carbocycles. The molecule has 0 radical (unpaired) electrons. The summed E-state index contributed by atoms with van der Waals surface area (Å²) in [6.07, 6.45) is 6.28. The van der Waals surface area contributed by atoms with Gasteiger partial charge in [-0.1, -0.05) is 82.6 Å². The Hall–Kier alpha value is -1.65. The number of unbranched alkanes of at least 4 members (excludes halogenated alkanes) is 1.